The molecule has 2 aromatic rings. The molecule has 0 radical (unpaired) electrons. The van der Waals surface area contributed by atoms with Gasteiger partial charge in [0.1, 0.15) is 5.69 Å². The fourth-order valence-electron chi connectivity index (χ4n) is 1.86. The van der Waals surface area contributed by atoms with Crippen LogP contribution in [-0.4, -0.2) is 15.9 Å². The van der Waals surface area contributed by atoms with E-state index in [0.717, 1.165) is 9.13 Å². The predicted octanol–water partition coefficient (Wildman–Crippen LogP) is 3.63. The van der Waals surface area contributed by atoms with E-state index in [1.54, 1.807) is 37.3 Å². The number of carbonyl (C=O) groups is 1. The van der Waals surface area contributed by atoms with Crippen LogP contribution < -0.4 is 10.6 Å². The molecule has 2 aromatic carbocycles. The highest BCUT2D eigenvalue weighted by atomic mass is 127. The number of thiocarbonyl (C=S) groups is 1. The van der Waals surface area contributed by atoms with Crippen LogP contribution in [0.3, 0.4) is 0 Å². The van der Waals surface area contributed by atoms with E-state index in [1.807, 2.05) is 6.07 Å². The Labute approximate surface area is 151 Å². The summed E-state index contributed by atoms with van der Waals surface area (Å²) in [4.78, 5) is 22.7. The smallest absolute Gasteiger partial charge is 0.292 e. The number of aryl methyl sites for hydroxylation is 1. The topological polar surface area (TPSA) is 84.3 Å². The molecule has 2 rings (SSSR count). The molecule has 0 saturated carbocycles. The molecule has 0 aliphatic heterocycles. The van der Waals surface area contributed by atoms with Crippen LogP contribution in [0.5, 0.6) is 0 Å². The van der Waals surface area contributed by atoms with E-state index >= 15 is 0 Å². The second-order valence-electron chi connectivity index (χ2n) is 4.70. The monoisotopic (exact) mass is 441 g/mol. The average molecular weight is 441 g/mol. The summed E-state index contributed by atoms with van der Waals surface area (Å²) < 4.78 is 0.920. The minimum Gasteiger partial charge on any atom is -0.327 e. The lowest BCUT2D eigenvalue weighted by Crippen LogP contribution is -2.34. The SMILES string of the molecule is Cc1ccc(NC(=S)NC(=O)c2cccc(I)c2)c([N+](=O)[O-])c1. The van der Waals surface area contributed by atoms with E-state index in [0.29, 0.717) is 5.56 Å². The highest BCUT2D eigenvalue weighted by molar-refractivity contribution is 14.1. The van der Waals surface area contributed by atoms with Crippen LogP contribution in [0.1, 0.15) is 15.9 Å². The summed E-state index contributed by atoms with van der Waals surface area (Å²) in [5.74, 6) is -0.379. The van der Waals surface area contributed by atoms with Crippen molar-refractivity contribution in [1.82, 2.24) is 5.32 Å². The van der Waals surface area contributed by atoms with Gasteiger partial charge in [0.2, 0.25) is 0 Å². The predicted molar refractivity (Wildman–Crippen MR) is 101 cm³/mol. The Morgan fingerprint density at radius 3 is 2.65 bits per heavy atom. The van der Waals surface area contributed by atoms with Gasteiger partial charge in [-0.1, -0.05) is 12.1 Å². The third-order valence-electron chi connectivity index (χ3n) is 2.91. The fraction of sp³-hybridized carbons (Fsp3) is 0.0667. The molecular weight excluding hydrogens is 429 g/mol. The van der Waals surface area contributed by atoms with Crippen molar-refractivity contribution in [3.63, 3.8) is 0 Å². The maximum absolute atomic E-state index is 12.1. The summed E-state index contributed by atoms with van der Waals surface area (Å²) >= 11 is 7.16. The lowest BCUT2D eigenvalue weighted by atomic mass is 10.2. The third kappa shape index (κ3) is 4.70. The number of rotatable bonds is 3. The second-order valence-corrected chi connectivity index (χ2v) is 6.35. The number of anilines is 1. The number of nitrogens with one attached hydrogen (secondary N) is 2. The van der Waals surface area contributed by atoms with Crippen LogP contribution in [0.2, 0.25) is 0 Å². The van der Waals surface area contributed by atoms with Crippen molar-refractivity contribution in [2.24, 2.45) is 0 Å². The molecule has 0 unspecified atom stereocenters. The molecular formula is C15H12IN3O3S. The van der Waals surface area contributed by atoms with E-state index < -0.39 is 4.92 Å². The molecule has 0 aliphatic carbocycles. The van der Waals surface area contributed by atoms with Crippen molar-refractivity contribution >= 4 is 57.2 Å². The number of nitrogens with zero attached hydrogens (tertiary/aromatic N) is 1. The number of nitro benzene ring substituents is 1. The van der Waals surface area contributed by atoms with Gasteiger partial charge in [0.25, 0.3) is 11.6 Å². The van der Waals surface area contributed by atoms with Gasteiger partial charge in [0.15, 0.2) is 5.11 Å². The number of carbonyl (C=O) groups excluding carboxylic acids is 1. The standard InChI is InChI=1S/C15H12IN3O3S/c1-9-5-6-12(13(7-9)19(21)22)17-15(23)18-14(20)10-3-2-4-11(16)8-10/h2-8H,1H3,(H2,17,18,20,23). The van der Waals surface area contributed by atoms with Gasteiger partial charge in [0, 0.05) is 15.2 Å². The lowest BCUT2D eigenvalue weighted by molar-refractivity contribution is -0.383. The highest BCUT2D eigenvalue weighted by Gasteiger charge is 2.16. The first-order valence-electron chi connectivity index (χ1n) is 6.50. The molecule has 0 atom stereocenters. The highest BCUT2D eigenvalue weighted by Crippen LogP contribution is 2.25. The van der Waals surface area contributed by atoms with Gasteiger partial charge in [-0.25, -0.2) is 0 Å². The van der Waals surface area contributed by atoms with Gasteiger partial charge in [0.05, 0.1) is 4.92 Å². The Bertz CT molecular complexity index is 795. The van der Waals surface area contributed by atoms with Gasteiger partial charge in [-0.15, -0.1) is 0 Å². The molecule has 8 heteroatoms. The summed E-state index contributed by atoms with van der Waals surface area (Å²) in [6.07, 6.45) is 0. The molecule has 0 heterocycles. The average Bonchev–Trinajstić information content (AvgIpc) is 2.48. The largest absolute Gasteiger partial charge is 0.327 e. The van der Waals surface area contributed by atoms with E-state index in [1.165, 1.54) is 6.07 Å². The van der Waals surface area contributed by atoms with E-state index in [9.17, 15) is 14.9 Å². The molecule has 6 nitrogen and oxygen atoms in total. The zero-order valence-corrected chi connectivity index (χ0v) is 15.0. The molecule has 0 spiro atoms. The first-order chi connectivity index (χ1) is 10.9. The summed E-state index contributed by atoms with van der Waals surface area (Å²) in [7, 11) is 0. The van der Waals surface area contributed by atoms with Gasteiger partial charge in [-0.3, -0.25) is 20.2 Å². The van der Waals surface area contributed by atoms with Gasteiger partial charge in [-0.2, -0.15) is 0 Å². The zero-order chi connectivity index (χ0) is 17.0. The van der Waals surface area contributed by atoms with Crippen LogP contribution in [0.15, 0.2) is 42.5 Å². The van der Waals surface area contributed by atoms with Crippen molar-refractivity contribution in [2.75, 3.05) is 5.32 Å². The molecule has 0 aliphatic rings. The minimum atomic E-state index is -0.501. The maximum atomic E-state index is 12.1. The molecule has 0 bridgehead atoms. The molecule has 0 fully saturated rings. The quantitative estimate of drug-likeness (QED) is 0.329. The second kappa shape index (κ2) is 7.47. The minimum absolute atomic E-state index is 0.000754. The summed E-state index contributed by atoms with van der Waals surface area (Å²) in [6.45, 7) is 1.76. The first-order valence-corrected chi connectivity index (χ1v) is 7.98. The molecule has 0 saturated heterocycles. The Kier molecular flexibility index (Phi) is 5.61. The molecule has 23 heavy (non-hydrogen) atoms. The number of benzene rings is 2. The van der Waals surface area contributed by atoms with Crippen molar-refractivity contribution in [1.29, 1.82) is 0 Å². The van der Waals surface area contributed by atoms with Crippen molar-refractivity contribution in [2.45, 2.75) is 6.92 Å². The fourth-order valence-corrected chi connectivity index (χ4v) is 2.60. The van der Waals surface area contributed by atoms with Crippen LogP contribution in [0, 0.1) is 20.6 Å². The van der Waals surface area contributed by atoms with Gasteiger partial charge < -0.3 is 5.32 Å². The summed E-state index contributed by atoms with van der Waals surface area (Å²) in [5.41, 5.74) is 1.35. The Morgan fingerprint density at radius 1 is 1.26 bits per heavy atom. The Hall–Kier alpha value is -2.07. The van der Waals surface area contributed by atoms with Crippen LogP contribution >= 0.6 is 34.8 Å². The van der Waals surface area contributed by atoms with Crippen molar-refractivity contribution in [3.8, 4) is 0 Å². The molecule has 1 amide bonds. The normalized spacial score (nSPS) is 10.0. The number of amides is 1. The maximum Gasteiger partial charge on any atom is 0.292 e. The first kappa shape index (κ1) is 17.3. The number of halogens is 1. The molecule has 118 valence electrons. The zero-order valence-electron chi connectivity index (χ0n) is 12.0. The number of hydrogen-bond acceptors (Lipinski definition) is 4. The Morgan fingerprint density at radius 2 is 2.00 bits per heavy atom. The van der Waals surface area contributed by atoms with E-state index in [2.05, 4.69) is 33.2 Å². The van der Waals surface area contributed by atoms with Crippen LogP contribution in [0.25, 0.3) is 0 Å². The summed E-state index contributed by atoms with van der Waals surface area (Å²) in [5, 5.41) is 16.3. The van der Waals surface area contributed by atoms with Crippen LogP contribution in [0.4, 0.5) is 11.4 Å². The van der Waals surface area contributed by atoms with E-state index in [-0.39, 0.29) is 22.4 Å². The van der Waals surface area contributed by atoms with Crippen molar-refractivity contribution < 1.29 is 9.72 Å². The van der Waals surface area contributed by atoms with Gasteiger partial charge >= 0.3 is 0 Å². The number of nitro groups is 1. The lowest BCUT2D eigenvalue weighted by Gasteiger charge is -2.10. The molecule has 0 aromatic heterocycles. The van der Waals surface area contributed by atoms with E-state index in [4.69, 9.17) is 12.2 Å². The molecule has 2 N–H and O–H groups in total. The van der Waals surface area contributed by atoms with Crippen LogP contribution in [-0.2, 0) is 0 Å². The number of hydrogen-bond donors (Lipinski definition) is 2. The Balaban J connectivity index is 2.11. The van der Waals surface area contributed by atoms with Crippen molar-refractivity contribution in [3.05, 3.63) is 67.3 Å². The third-order valence-corrected chi connectivity index (χ3v) is 3.79. The summed E-state index contributed by atoms with van der Waals surface area (Å²) in [6, 6.07) is 11.7. The van der Waals surface area contributed by atoms with Gasteiger partial charge in [-0.05, 0) is 71.6 Å².